The molecule has 0 aromatic heterocycles. The average Bonchev–Trinajstić information content (AvgIpc) is 3.01. The Balaban J connectivity index is 1.52. The normalized spacial score (nSPS) is 62.9. The van der Waals surface area contributed by atoms with Crippen LogP contribution in [-0.2, 0) is 9.53 Å². The molecule has 0 aromatic carbocycles. The molecular weight excluding hydrogens is 440 g/mol. The molecule has 2 bridgehead atoms. The molecule has 35 heavy (non-hydrogen) atoms. The van der Waals surface area contributed by atoms with Gasteiger partial charge in [0.25, 0.3) is 0 Å². The van der Waals surface area contributed by atoms with Gasteiger partial charge in [-0.05, 0) is 85.5 Å². The highest BCUT2D eigenvalue weighted by atomic mass is 16.6. The van der Waals surface area contributed by atoms with E-state index < -0.39 is 23.2 Å². The number of carbonyl (C=O) groups excluding carboxylic acids is 1. The number of hydrogen-bond donors (Lipinski definition) is 3. The minimum absolute atomic E-state index is 0.0423. The molecule has 0 radical (unpaired) electrons. The van der Waals surface area contributed by atoms with Crippen LogP contribution in [0, 0.1) is 56.7 Å². The second-order valence-electron chi connectivity index (χ2n) is 14.8. The molecule has 0 unspecified atom stereocenters. The monoisotopic (exact) mass is 486 g/mol. The van der Waals surface area contributed by atoms with Gasteiger partial charge in [0.1, 0.15) is 5.60 Å². The van der Waals surface area contributed by atoms with Crippen LogP contribution >= 0.6 is 0 Å². The molecule has 3 N–H and O–H groups in total. The Morgan fingerprint density at radius 1 is 1.03 bits per heavy atom. The molecule has 13 atom stereocenters. The molecule has 4 saturated carbocycles. The van der Waals surface area contributed by atoms with Crippen molar-refractivity contribution in [2.75, 3.05) is 6.61 Å². The van der Waals surface area contributed by atoms with Crippen molar-refractivity contribution in [3.05, 3.63) is 12.2 Å². The van der Waals surface area contributed by atoms with E-state index in [1.165, 1.54) is 0 Å². The van der Waals surface area contributed by atoms with Crippen LogP contribution in [0.25, 0.3) is 0 Å². The molecule has 1 aliphatic heterocycles. The number of esters is 1. The maximum absolute atomic E-state index is 13.7. The third-order valence-electron chi connectivity index (χ3n) is 13.9. The summed E-state index contributed by atoms with van der Waals surface area (Å²) in [6.07, 6.45) is 9.25. The molecule has 5 fully saturated rings. The Bertz CT molecular complexity index is 978. The maximum Gasteiger partial charge on any atom is 0.313 e. The fourth-order valence-electron chi connectivity index (χ4n) is 11.6. The van der Waals surface area contributed by atoms with E-state index in [4.69, 9.17) is 4.74 Å². The van der Waals surface area contributed by atoms with Crippen molar-refractivity contribution >= 4 is 5.97 Å². The van der Waals surface area contributed by atoms with E-state index in [0.29, 0.717) is 18.3 Å². The van der Waals surface area contributed by atoms with Crippen LogP contribution in [0.15, 0.2) is 12.2 Å². The average molecular weight is 487 g/mol. The molecule has 6 rings (SSSR count). The van der Waals surface area contributed by atoms with Gasteiger partial charge in [-0.25, -0.2) is 0 Å². The molecule has 196 valence electrons. The molecule has 5 aliphatic carbocycles. The highest BCUT2D eigenvalue weighted by molar-refractivity contribution is 5.82. The number of ether oxygens (including phenoxy) is 1. The van der Waals surface area contributed by atoms with Crippen LogP contribution in [0.2, 0.25) is 0 Å². The number of allylic oxidation sites excluding steroid dienone is 1. The molecule has 5 nitrogen and oxygen atoms in total. The van der Waals surface area contributed by atoms with Gasteiger partial charge < -0.3 is 20.1 Å². The van der Waals surface area contributed by atoms with Crippen molar-refractivity contribution in [3.63, 3.8) is 0 Å². The quantitative estimate of drug-likeness (QED) is 0.376. The van der Waals surface area contributed by atoms with Gasteiger partial charge in [0.15, 0.2) is 0 Å². The van der Waals surface area contributed by atoms with Crippen molar-refractivity contribution in [1.29, 1.82) is 0 Å². The summed E-state index contributed by atoms with van der Waals surface area (Å²) in [5, 5.41) is 32.4. The van der Waals surface area contributed by atoms with Gasteiger partial charge in [-0.15, -0.1) is 0 Å². The highest BCUT2D eigenvalue weighted by Crippen LogP contribution is 2.79. The standard InChI is InChI=1S/C30H46O5/c1-17-7-11-29-14-13-28(6)27(5)10-8-20-25(3,15-19(32)23(33)26(20,4)16-31)21(27)9-12-30(28,35-24(29)34)22(29)18(17)2/h9,12,17-23,31-33H,7-8,10-11,13-16H2,1-6H3/t17-,18+,19-,20-,21-,22-,23-,25+,26-,27-,28+,29+,30+/m1/s1. The van der Waals surface area contributed by atoms with E-state index in [0.717, 1.165) is 38.5 Å². The van der Waals surface area contributed by atoms with Gasteiger partial charge in [-0.1, -0.05) is 47.6 Å². The molecule has 5 heteroatoms. The van der Waals surface area contributed by atoms with E-state index in [9.17, 15) is 20.1 Å². The fraction of sp³-hybridized carbons (Fsp3) is 0.900. The summed E-state index contributed by atoms with van der Waals surface area (Å²) >= 11 is 0. The van der Waals surface area contributed by atoms with Gasteiger partial charge in [0.05, 0.1) is 24.2 Å². The van der Waals surface area contributed by atoms with Gasteiger partial charge >= 0.3 is 5.97 Å². The van der Waals surface area contributed by atoms with Gasteiger partial charge in [-0.3, -0.25) is 4.79 Å². The van der Waals surface area contributed by atoms with Crippen LogP contribution in [0.3, 0.4) is 0 Å². The van der Waals surface area contributed by atoms with Crippen molar-refractivity contribution in [3.8, 4) is 0 Å². The Hall–Kier alpha value is -0.910. The maximum atomic E-state index is 13.7. The van der Waals surface area contributed by atoms with Crippen molar-refractivity contribution in [2.45, 2.75) is 104 Å². The first-order chi connectivity index (χ1) is 16.3. The first-order valence-electron chi connectivity index (χ1n) is 14.2. The third-order valence-corrected chi connectivity index (χ3v) is 13.9. The molecule has 1 spiro atoms. The lowest BCUT2D eigenvalue weighted by atomic mass is 9.32. The molecule has 1 heterocycles. The highest BCUT2D eigenvalue weighted by Gasteiger charge is 2.80. The molecule has 6 aliphatic rings. The summed E-state index contributed by atoms with van der Waals surface area (Å²) in [5.41, 5.74) is -2.20. The van der Waals surface area contributed by atoms with Crippen LogP contribution < -0.4 is 0 Å². The molecular formula is C30H46O5. The summed E-state index contributed by atoms with van der Waals surface area (Å²) in [6, 6.07) is 0. The second-order valence-corrected chi connectivity index (χ2v) is 14.8. The summed E-state index contributed by atoms with van der Waals surface area (Å²) in [4.78, 5) is 13.7. The Kier molecular flexibility index (Phi) is 4.84. The van der Waals surface area contributed by atoms with Crippen LogP contribution in [0.4, 0.5) is 0 Å². The lowest BCUT2D eigenvalue weighted by Gasteiger charge is -2.72. The summed E-state index contributed by atoms with van der Waals surface area (Å²) in [7, 11) is 0. The predicted molar refractivity (Wildman–Crippen MR) is 133 cm³/mol. The smallest absolute Gasteiger partial charge is 0.313 e. The number of aliphatic hydroxyl groups excluding tert-OH is 3. The first kappa shape index (κ1) is 24.4. The predicted octanol–water partition coefficient (Wildman–Crippen LogP) is 4.48. The summed E-state index contributed by atoms with van der Waals surface area (Å²) < 4.78 is 6.66. The van der Waals surface area contributed by atoms with Crippen LogP contribution in [0.5, 0.6) is 0 Å². The lowest BCUT2D eigenvalue weighted by molar-refractivity contribution is -0.264. The zero-order valence-electron chi connectivity index (χ0n) is 22.5. The number of fused-ring (bicyclic) bond motifs is 4. The van der Waals surface area contributed by atoms with Crippen LogP contribution in [-0.4, -0.2) is 45.7 Å². The van der Waals surface area contributed by atoms with Crippen molar-refractivity contribution < 1.29 is 24.9 Å². The number of carbonyl (C=O) groups is 1. The Morgan fingerprint density at radius 2 is 1.74 bits per heavy atom. The van der Waals surface area contributed by atoms with E-state index in [1.54, 1.807) is 0 Å². The van der Waals surface area contributed by atoms with Gasteiger partial charge in [0, 0.05) is 16.7 Å². The van der Waals surface area contributed by atoms with Crippen LogP contribution in [0.1, 0.15) is 86.5 Å². The number of hydrogen-bond acceptors (Lipinski definition) is 5. The van der Waals surface area contributed by atoms with E-state index >= 15 is 0 Å². The third kappa shape index (κ3) is 2.41. The van der Waals surface area contributed by atoms with E-state index in [2.05, 4.69) is 46.8 Å². The molecule has 0 aromatic rings. The Labute approximate surface area is 210 Å². The molecule has 1 saturated heterocycles. The topological polar surface area (TPSA) is 87.0 Å². The van der Waals surface area contributed by atoms with Gasteiger partial charge in [-0.2, -0.15) is 0 Å². The minimum atomic E-state index is -0.917. The zero-order chi connectivity index (χ0) is 25.4. The lowest BCUT2D eigenvalue weighted by Crippen LogP contribution is -2.72. The second kappa shape index (κ2) is 6.94. The summed E-state index contributed by atoms with van der Waals surface area (Å²) in [5.74, 6) is 1.55. The summed E-state index contributed by atoms with van der Waals surface area (Å²) in [6.45, 7) is 13.6. The van der Waals surface area contributed by atoms with Gasteiger partial charge in [0.2, 0.25) is 0 Å². The Morgan fingerprint density at radius 3 is 2.43 bits per heavy atom. The van der Waals surface area contributed by atoms with Crippen molar-refractivity contribution in [2.24, 2.45) is 56.7 Å². The SMILES string of the molecule is C[C@H]1[C@H](C)CC[C@@]23CC[C@]4(C)[C@@](C=C[C@@H]5[C@@]6(C)C[C@@H](O)[C@@H](O)[C@](C)(CO)[C@@H]6CC[C@]54C)(OC2=O)[C@H]13. The minimum Gasteiger partial charge on any atom is -0.453 e. The fourth-order valence-corrected chi connectivity index (χ4v) is 11.6. The van der Waals surface area contributed by atoms with E-state index in [-0.39, 0.29) is 52.0 Å². The van der Waals surface area contributed by atoms with Crippen molar-refractivity contribution in [1.82, 2.24) is 0 Å². The zero-order valence-corrected chi connectivity index (χ0v) is 22.5. The first-order valence-corrected chi connectivity index (χ1v) is 14.2. The number of aliphatic hydroxyl groups is 3. The van der Waals surface area contributed by atoms with E-state index in [1.807, 2.05) is 6.92 Å². The molecule has 0 amide bonds. The number of rotatable bonds is 1. The largest absolute Gasteiger partial charge is 0.453 e.